The lowest BCUT2D eigenvalue weighted by molar-refractivity contribution is -0.124. The molecule has 0 aliphatic carbocycles. The number of hydrogen-bond donors (Lipinski definition) is 1. The van der Waals surface area contributed by atoms with Gasteiger partial charge in [-0.1, -0.05) is 19.9 Å². The van der Waals surface area contributed by atoms with E-state index < -0.39 is 0 Å². The Hall–Kier alpha value is -2.10. The second-order valence-electron chi connectivity index (χ2n) is 4.65. The number of carbonyl (C=O) groups is 1. The molecule has 2 aromatic rings. The average Bonchev–Trinajstić information content (AvgIpc) is 2.43. The Labute approximate surface area is 112 Å². The zero-order chi connectivity index (χ0) is 13.7. The molecule has 1 amide bonds. The lowest BCUT2D eigenvalue weighted by atomic mass is 10.2. The van der Waals surface area contributed by atoms with Crippen LogP contribution in [0.5, 0.6) is 5.75 Å². The first-order chi connectivity index (χ1) is 9.16. The second kappa shape index (κ2) is 6.18. The average molecular weight is 258 g/mol. The van der Waals surface area contributed by atoms with Gasteiger partial charge in [-0.3, -0.25) is 9.78 Å². The van der Waals surface area contributed by atoms with Crippen LogP contribution in [0.1, 0.15) is 13.8 Å². The minimum Gasteiger partial charge on any atom is -0.492 e. The highest BCUT2D eigenvalue weighted by molar-refractivity contribution is 5.79. The SMILES string of the molecule is CC(C)C(=O)NCCOc1ccc2ncccc2c1. The Balaban J connectivity index is 1.86. The van der Waals surface area contributed by atoms with Crippen LogP contribution in [0, 0.1) is 5.92 Å². The first kappa shape index (κ1) is 13.3. The van der Waals surface area contributed by atoms with Crippen molar-refractivity contribution in [2.45, 2.75) is 13.8 Å². The number of benzene rings is 1. The van der Waals surface area contributed by atoms with Crippen LogP contribution >= 0.6 is 0 Å². The highest BCUT2D eigenvalue weighted by Gasteiger charge is 2.05. The van der Waals surface area contributed by atoms with Gasteiger partial charge in [0, 0.05) is 17.5 Å². The fourth-order valence-electron chi connectivity index (χ4n) is 1.69. The topological polar surface area (TPSA) is 51.2 Å². The minimum atomic E-state index is 0.00624. The number of hydrogen-bond acceptors (Lipinski definition) is 3. The fraction of sp³-hybridized carbons (Fsp3) is 0.333. The minimum absolute atomic E-state index is 0.00624. The largest absolute Gasteiger partial charge is 0.492 e. The summed E-state index contributed by atoms with van der Waals surface area (Å²) in [7, 11) is 0. The molecule has 100 valence electrons. The standard InChI is InChI=1S/C15H18N2O2/c1-11(2)15(18)17-8-9-19-13-5-6-14-12(10-13)4-3-7-16-14/h3-7,10-11H,8-9H2,1-2H3,(H,17,18). The van der Waals surface area contributed by atoms with E-state index in [-0.39, 0.29) is 11.8 Å². The molecule has 0 saturated heterocycles. The molecule has 0 atom stereocenters. The van der Waals surface area contributed by atoms with Crippen LogP contribution in [-0.2, 0) is 4.79 Å². The Bertz CT molecular complexity index is 567. The van der Waals surface area contributed by atoms with E-state index >= 15 is 0 Å². The summed E-state index contributed by atoms with van der Waals surface area (Å²) in [4.78, 5) is 15.6. The Kier molecular flexibility index (Phi) is 4.34. The van der Waals surface area contributed by atoms with Crippen LogP contribution in [0.4, 0.5) is 0 Å². The molecule has 1 aromatic carbocycles. The van der Waals surface area contributed by atoms with Crippen LogP contribution in [0.25, 0.3) is 10.9 Å². The maximum Gasteiger partial charge on any atom is 0.222 e. The van der Waals surface area contributed by atoms with Crippen LogP contribution < -0.4 is 10.1 Å². The van der Waals surface area contributed by atoms with Crippen molar-refractivity contribution in [3.63, 3.8) is 0 Å². The number of rotatable bonds is 5. The predicted octanol–water partition coefficient (Wildman–Crippen LogP) is 2.39. The predicted molar refractivity (Wildman–Crippen MR) is 75.1 cm³/mol. The van der Waals surface area contributed by atoms with Crippen molar-refractivity contribution in [3.05, 3.63) is 36.5 Å². The number of nitrogens with zero attached hydrogens (tertiary/aromatic N) is 1. The highest BCUT2D eigenvalue weighted by Crippen LogP contribution is 2.18. The lowest BCUT2D eigenvalue weighted by Crippen LogP contribution is -2.31. The monoisotopic (exact) mass is 258 g/mol. The fourth-order valence-corrected chi connectivity index (χ4v) is 1.69. The van der Waals surface area contributed by atoms with Gasteiger partial charge >= 0.3 is 0 Å². The van der Waals surface area contributed by atoms with Crippen molar-refractivity contribution in [2.24, 2.45) is 5.92 Å². The van der Waals surface area contributed by atoms with Crippen LogP contribution in [0.2, 0.25) is 0 Å². The number of aromatic nitrogens is 1. The smallest absolute Gasteiger partial charge is 0.222 e. The van der Waals surface area contributed by atoms with Crippen molar-refractivity contribution in [1.29, 1.82) is 0 Å². The first-order valence-corrected chi connectivity index (χ1v) is 6.42. The Morgan fingerprint density at radius 2 is 2.21 bits per heavy atom. The Morgan fingerprint density at radius 1 is 1.37 bits per heavy atom. The molecule has 19 heavy (non-hydrogen) atoms. The van der Waals surface area contributed by atoms with E-state index in [1.165, 1.54) is 0 Å². The normalized spacial score (nSPS) is 10.7. The summed E-state index contributed by atoms with van der Waals surface area (Å²) in [5.74, 6) is 0.845. The molecule has 1 heterocycles. The third-order valence-electron chi connectivity index (χ3n) is 2.77. The summed E-state index contributed by atoms with van der Waals surface area (Å²) in [6.45, 7) is 4.71. The number of nitrogens with one attached hydrogen (secondary N) is 1. The van der Waals surface area contributed by atoms with E-state index in [1.54, 1.807) is 6.20 Å². The van der Waals surface area contributed by atoms with Crippen molar-refractivity contribution < 1.29 is 9.53 Å². The van der Waals surface area contributed by atoms with Crippen LogP contribution in [-0.4, -0.2) is 24.0 Å². The number of carbonyl (C=O) groups excluding carboxylic acids is 1. The van der Waals surface area contributed by atoms with Gasteiger partial charge in [-0.25, -0.2) is 0 Å². The van der Waals surface area contributed by atoms with E-state index in [0.717, 1.165) is 16.7 Å². The van der Waals surface area contributed by atoms with Gasteiger partial charge in [-0.05, 0) is 24.3 Å². The molecule has 0 spiro atoms. The van der Waals surface area contributed by atoms with Crippen LogP contribution in [0.15, 0.2) is 36.5 Å². The van der Waals surface area contributed by atoms with Gasteiger partial charge in [0.25, 0.3) is 0 Å². The molecule has 0 radical (unpaired) electrons. The molecule has 0 fully saturated rings. The third kappa shape index (κ3) is 3.68. The molecule has 1 aromatic heterocycles. The Morgan fingerprint density at radius 3 is 3.00 bits per heavy atom. The van der Waals surface area contributed by atoms with E-state index in [9.17, 15) is 4.79 Å². The third-order valence-corrected chi connectivity index (χ3v) is 2.77. The van der Waals surface area contributed by atoms with E-state index in [0.29, 0.717) is 13.2 Å². The molecular weight excluding hydrogens is 240 g/mol. The zero-order valence-corrected chi connectivity index (χ0v) is 11.2. The van der Waals surface area contributed by atoms with Gasteiger partial charge < -0.3 is 10.1 Å². The van der Waals surface area contributed by atoms with Crippen molar-refractivity contribution in [3.8, 4) is 5.75 Å². The molecule has 4 heteroatoms. The zero-order valence-electron chi connectivity index (χ0n) is 11.2. The molecule has 4 nitrogen and oxygen atoms in total. The number of ether oxygens (including phenoxy) is 1. The number of pyridine rings is 1. The molecule has 0 saturated carbocycles. The maximum atomic E-state index is 11.4. The van der Waals surface area contributed by atoms with Gasteiger partial charge in [-0.2, -0.15) is 0 Å². The summed E-state index contributed by atoms with van der Waals surface area (Å²) in [6, 6.07) is 9.66. The lowest BCUT2D eigenvalue weighted by Gasteiger charge is -2.09. The summed E-state index contributed by atoms with van der Waals surface area (Å²) in [5, 5.41) is 3.86. The van der Waals surface area contributed by atoms with Crippen LogP contribution in [0.3, 0.4) is 0 Å². The summed E-state index contributed by atoms with van der Waals surface area (Å²) in [5.41, 5.74) is 0.947. The maximum absolute atomic E-state index is 11.4. The van der Waals surface area contributed by atoms with Gasteiger partial charge in [0.2, 0.25) is 5.91 Å². The molecule has 2 rings (SSSR count). The number of amides is 1. The molecule has 0 aliphatic heterocycles. The van der Waals surface area contributed by atoms with Gasteiger partial charge in [-0.15, -0.1) is 0 Å². The van der Waals surface area contributed by atoms with E-state index in [2.05, 4.69) is 10.3 Å². The number of fused-ring (bicyclic) bond motifs is 1. The van der Waals surface area contributed by atoms with Crippen molar-refractivity contribution in [1.82, 2.24) is 10.3 Å². The van der Waals surface area contributed by atoms with Gasteiger partial charge in [0.05, 0.1) is 12.1 Å². The molecular formula is C15H18N2O2. The van der Waals surface area contributed by atoms with E-state index in [4.69, 9.17) is 4.74 Å². The molecule has 0 bridgehead atoms. The van der Waals surface area contributed by atoms with Gasteiger partial charge in [0.1, 0.15) is 12.4 Å². The van der Waals surface area contributed by atoms with Crippen molar-refractivity contribution >= 4 is 16.8 Å². The molecule has 0 aliphatic rings. The first-order valence-electron chi connectivity index (χ1n) is 6.42. The van der Waals surface area contributed by atoms with Gasteiger partial charge in [0.15, 0.2) is 0 Å². The molecule has 0 unspecified atom stereocenters. The quantitative estimate of drug-likeness (QED) is 0.838. The second-order valence-corrected chi connectivity index (χ2v) is 4.65. The molecule has 1 N–H and O–H groups in total. The summed E-state index contributed by atoms with van der Waals surface area (Å²) in [6.07, 6.45) is 1.77. The summed E-state index contributed by atoms with van der Waals surface area (Å²) < 4.78 is 5.60. The van der Waals surface area contributed by atoms with Crippen molar-refractivity contribution in [2.75, 3.05) is 13.2 Å². The highest BCUT2D eigenvalue weighted by atomic mass is 16.5. The van der Waals surface area contributed by atoms with E-state index in [1.807, 2.05) is 44.2 Å². The summed E-state index contributed by atoms with van der Waals surface area (Å²) >= 11 is 0.